The number of nitrogens with zero attached hydrogens (tertiary/aromatic N) is 2. The number of ether oxygens (including phenoxy) is 3. The molecule has 5 aromatic rings. The van der Waals surface area contributed by atoms with E-state index in [-0.39, 0.29) is 19.8 Å². The predicted octanol–water partition coefficient (Wildman–Crippen LogP) is 8.54. The predicted molar refractivity (Wildman–Crippen MR) is 202 cm³/mol. The Kier molecular flexibility index (Phi) is 11.1. The number of hydrogen-bond donors (Lipinski definition) is 1. The topological polar surface area (TPSA) is 80.3 Å². The van der Waals surface area contributed by atoms with E-state index in [0.29, 0.717) is 12.4 Å². The van der Waals surface area contributed by atoms with Crippen molar-refractivity contribution in [3.8, 4) is 22.6 Å². The zero-order valence-corrected chi connectivity index (χ0v) is 29.6. The van der Waals surface area contributed by atoms with E-state index < -0.39 is 18.2 Å². The average molecular weight is 696 g/mol. The Morgan fingerprint density at radius 1 is 0.731 bits per heavy atom. The van der Waals surface area contributed by atoms with Crippen LogP contribution in [-0.2, 0) is 30.9 Å². The van der Waals surface area contributed by atoms with Crippen LogP contribution in [0.3, 0.4) is 0 Å². The number of benzene rings is 5. The second-order valence-electron chi connectivity index (χ2n) is 13.6. The largest absolute Gasteiger partial charge is 0.491 e. The van der Waals surface area contributed by atoms with Gasteiger partial charge in [-0.25, -0.2) is 14.5 Å². The second-order valence-corrected chi connectivity index (χ2v) is 13.6. The van der Waals surface area contributed by atoms with Crippen molar-refractivity contribution < 1.29 is 23.8 Å². The zero-order valence-electron chi connectivity index (χ0n) is 29.6. The van der Waals surface area contributed by atoms with E-state index in [1.165, 1.54) is 48.2 Å². The molecule has 8 heteroatoms. The van der Waals surface area contributed by atoms with Crippen LogP contribution in [0, 0.1) is 6.92 Å². The summed E-state index contributed by atoms with van der Waals surface area (Å²) in [5.41, 5.74) is 9.30. The van der Waals surface area contributed by atoms with Crippen molar-refractivity contribution in [3.63, 3.8) is 0 Å². The summed E-state index contributed by atoms with van der Waals surface area (Å²) >= 11 is 0. The van der Waals surface area contributed by atoms with E-state index >= 15 is 0 Å². The van der Waals surface area contributed by atoms with Gasteiger partial charge >= 0.3 is 12.1 Å². The fourth-order valence-corrected chi connectivity index (χ4v) is 6.88. The molecular formula is C44H45N3O5. The van der Waals surface area contributed by atoms with Crippen LogP contribution in [0.2, 0.25) is 0 Å². The molecule has 1 N–H and O–H groups in total. The summed E-state index contributed by atoms with van der Waals surface area (Å²) in [7, 11) is 0. The highest BCUT2D eigenvalue weighted by atomic mass is 16.6. The van der Waals surface area contributed by atoms with Crippen molar-refractivity contribution in [1.82, 2.24) is 15.1 Å². The monoisotopic (exact) mass is 695 g/mol. The minimum atomic E-state index is -0.693. The minimum absolute atomic E-state index is 0.0859. The van der Waals surface area contributed by atoms with Gasteiger partial charge in [-0.2, -0.15) is 0 Å². The summed E-state index contributed by atoms with van der Waals surface area (Å²) in [5.74, 6) is 1.45. The molecule has 8 nitrogen and oxygen atoms in total. The van der Waals surface area contributed by atoms with Crippen molar-refractivity contribution in [2.24, 2.45) is 0 Å². The molecule has 2 saturated heterocycles. The van der Waals surface area contributed by atoms with Crippen LogP contribution < -0.4 is 14.8 Å². The molecule has 7 rings (SSSR count). The molecule has 2 aliphatic rings. The third kappa shape index (κ3) is 8.82. The summed E-state index contributed by atoms with van der Waals surface area (Å²) in [6.45, 7) is 6.61. The summed E-state index contributed by atoms with van der Waals surface area (Å²) in [6.07, 6.45) is 2.68. The van der Waals surface area contributed by atoms with Crippen molar-refractivity contribution >= 4 is 12.1 Å². The lowest BCUT2D eigenvalue weighted by Gasteiger charge is -2.21. The summed E-state index contributed by atoms with van der Waals surface area (Å²) in [4.78, 5) is 29.0. The van der Waals surface area contributed by atoms with Gasteiger partial charge in [0.25, 0.3) is 0 Å². The fourth-order valence-electron chi connectivity index (χ4n) is 6.88. The minimum Gasteiger partial charge on any atom is -0.491 e. The van der Waals surface area contributed by atoms with Gasteiger partial charge in [-0.05, 0) is 108 Å². The van der Waals surface area contributed by atoms with Crippen LogP contribution in [0.1, 0.15) is 46.2 Å². The lowest BCUT2D eigenvalue weighted by molar-refractivity contribution is 0.0928. The Labute approximate surface area is 305 Å². The molecule has 3 amide bonds. The number of amides is 3. The molecule has 0 radical (unpaired) electrons. The molecule has 2 heterocycles. The first-order valence-electron chi connectivity index (χ1n) is 18.1. The molecule has 1 atom stereocenters. The van der Waals surface area contributed by atoms with E-state index in [9.17, 15) is 9.59 Å². The van der Waals surface area contributed by atoms with Crippen LogP contribution in [0.15, 0.2) is 121 Å². The standard InChI is InChI=1S/C44H45N3O5/c1-32-24-35(14-15-38(32)28-46-22-8-9-23-46)25-37-18-21-41(50-29-33-10-4-2-5-11-33)26-42(37)36-16-19-40(20-17-36)51-31-39-27-45-43(48)47(39)44(49)52-30-34-12-6-3-7-13-34/h2-7,10-21,24,26,39H,8-9,22-23,25,27-31H2,1H3,(H,45,48). The van der Waals surface area contributed by atoms with Gasteiger partial charge in [-0.15, -0.1) is 0 Å². The van der Waals surface area contributed by atoms with Gasteiger partial charge < -0.3 is 19.5 Å². The first kappa shape index (κ1) is 34.8. The number of aryl methyl sites for hydroxylation is 1. The number of rotatable bonds is 13. The molecule has 5 aromatic carbocycles. The molecular weight excluding hydrogens is 650 g/mol. The molecule has 0 spiro atoms. The van der Waals surface area contributed by atoms with Crippen molar-refractivity contribution in [1.29, 1.82) is 0 Å². The lowest BCUT2D eigenvalue weighted by Crippen LogP contribution is -2.42. The Bertz CT molecular complexity index is 1960. The number of likely N-dealkylation sites (tertiary alicyclic amines) is 1. The molecule has 0 aliphatic carbocycles. The summed E-state index contributed by atoms with van der Waals surface area (Å²) in [5, 5.41) is 2.73. The van der Waals surface area contributed by atoms with Crippen LogP contribution in [0.4, 0.5) is 9.59 Å². The summed E-state index contributed by atoms with van der Waals surface area (Å²) < 4.78 is 17.8. The highest BCUT2D eigenvalue weighted by Gasteiger charge is 2.37. The maximum absolute atomic E-state index is 12.8. The molecule has 2 aliphatic heterocycles. The maximum atomic E-state index is 12.8. The zero-order chi connectivity index (χ0) is 35.7. The number of imide groups is 1. The second kappa shape index (κ2) is 16.6. The smallest absolute Gasteiger partial charge is 0.418 e. The van der Waals surface area contributed by atoms with Crippen LogP contribution in [-0.4, -0.2) is 54.2 Å². The maximum Gasteiger partial charge on any atom is 0.418 e. The number of nitrogens with one attached hydrogen (secondary N) is 1. The van der Waals surface area contributed by atoms with Crippen LogP contribution in [0.5, 0.6) is 11.5 Å². The van der Waals surface area contributed by atoms with Gasteiger partial charge in [0.2, 0.25) is 0 Å². The molecule has 2 fully saturated rings. The number of hydrogen-bond acceptors (Lipinski definition) is 6. The van der Waals surface area contributed by atoms with Crippen LogP contribution >= 0.6 is 0 Å². The van der Waals surface area contributed by atoms with Gasteiger partial charge in [0.05, 0.1) is 6.04 Å². The van der Waals surface area contributed by atoms with E-state index in [1.807, 2.05) is 72.8 Å². The SMILES string of the molecule is Cc1cc(Cc2ccc(OCc3ccccc3)cc2-c2ccc(OCC3CNC(=O)N3C(=O)OCc3ccccc3)cc2)ccc1CN1CCCC1. The van der Waals surface area contributed by atoms with Gasteiger partial charge in [0.15, 0.2) is 0 Å². The summed E-state index contributed by atoms with van der Waals surface area (Å²) in [6, 6.07) is 39.8. The van der Waals surface area contributed by atoms with E-state index in [0.717, 1.165) is 45.9 Å². The third-order valence-electron chi connectivity index (χ3n) is 9.81. The van der Waals surface area contributed by atoms with Crippen molar-refractivity contribution in [2.75, 3.05) is 26.2 Å². The first-order chi connectivity index (χ1) is 25.5. The number of carbonyl (C=O) groups excluding carboxylic acids is 2. The number of carbonyl (C=O) groups is 2. The third-order valence-corrected chi connectivity index (χ3v) is 9.81. The van der Waals surface area contributed by atoms with E-state index in [2.05, 4.69) is 65.7 Å². The number of urea groups is 1. The van der Waals surface area contributed by atoms with Gasteiger partial charge in [-0.3, -0.25) is 4.90 Å². The average Bonchev–Trinajstić information content (AvgIpc) is 3.84. The Hall–Kier alpha value is -5.60. The lowest BCUT2D eigenvalue weighted by atomic mass is 9.93. The Morgan fingerprint density at radius 2 is 1.40 bits per heavy atom. The van der Waals surface area contributed by atoms with Gasteiger partial charge in [0.1, 0.15) is 31.3 Å². The highest BCUT2D eigenvalue weighted by Crippen LogP contribution is 2.32. The Balaban J connectivity index is 1.05. The fraction of sp³-hybridized carbons (Fsp3) is 0.273. The molecule has 0 saturated carbocycles. The van der Waals surface area contributed by atoms with Gasteiger partial charge in [0, 0.05) is 13.1 Å². The van der Waals surface area contributed by atoms with E-state index in [4.69, 9.17) is 14.2 Å². The highest BCUT2D eigenvalue weighted by molar-refractivity contribution is 5.93. The molecule has 0 bridgehead atoms. The van der Waals surface area contributed by atoms with E-state index in [1.54, 1.807) is 0 Å². The normalized spacial score (nSPS) is 15.8. The Morgan fingerprint density at radius 3 is 2.12 bits per heavy atom. The van der Waals surface area contributed by atoms with Crippen LogP contribution in [0.25, 0.3) is 11.1 Å². The van der Waals surface area contributed by atoms with Crippen molar-refractivity contribution in [3.05, 3.63) is 155 Å². The molecule has 1 unspecified atom stereocenters. The van der Waals surface area contributed by atoms with Crippen molar-refractivity contribution in [2.45, 2.75) is 52.0 Å². The molecule has 0 aromatic heterocycles. The van der Waals surface area contributed by atoms with Gasteiger partial charge in [-0.1, -0.05) is 97.1 Å². The quantitative estimate of drug-likeness (QED) is 0.133. The molecule has 266 valence electrons. The molecule has 52 heavy (non-hydrogen) atoms. The first-order valence-corrected chi connectivity index (χ1v) is 18.1.